The highest BCUT2D eigenvalue weighted by molar-refractivity contribution is 5.98. The fourth-order valence-electron chi connectivity index (χ4n) is 5.68. The van der Waals surface area contributed by atoms with Crippen LogP contribution in [0.3, 0.4) is 0 Å². The molecule has 2 amide bonds. The third kappa shape index (κ3) is 9.04. The zero-order valence-electron chi connectivity index (χ0n) is 28.5. The number of carbonyl (C=O) groups excluding carboxylic acids is 2. The molecule has 4 aromatic carbocycles. The lowest BCUT2D eigenvalue weighted by Crippen LogP contribution is -2.32. The van der Waals surface area contributed by atoms with E-state index in [2.05, 4.69) is 31.4 Å². The van der Waals surface area contributed by atoms with E-state index in [1.807, 2.05) is 30.3 Å². The Labute approximate surface area is 293 Å². The number of carbonyl (C=O) groups is 2. The van der Waals surface area contributed by atoms with Gasteiger partial charge < -0.3 is 31.4 Å². The standard InChI is InChI=1S/C38H40F3N7O3/c1-37(2,3)26-13-15-28(16-14-26)51-29-10-5-8-24(20-29)34-47-30-21-25(35(50)46-22-23-7-4-9-27(19-23)38(39,40)41)12-17-31(30)48(34)32(33(42)49)11-6-18-45-36(43)44/h4-5,7-10,12-17,19-21,32H,6,11,18,22H2,1-3H3,(H2,42,49)(H,46,50)(H4,43,44,45)/t32-/m0/s1. The number of nitrogens with two attached hydrogens (primary N) is 2. The van der Waals surface area contributed by atoms with Gasteiger partial charge in [0.25, 0.3) is 5.91 Å². The fraction of sp³-hybridized carbons (Fsp3) is 0.263. The number of primary amides is 1. The van der Waals surface area contributed by atoms with Crippen LogP contribution in [0.5, 0.6) is 11.5 Å². The van der Waals surface area contributed by atoms with Gasteiger partial charge in [0.15, 0.2) is 5.96 Å². The van der Waals surface area contributed by atoms with Gasteiger partial charge in [-0.15, -0.1) is 0 Å². The van der Waals surface area contributed by atoms with Crippen LogP contribution in [-0.4, -0.2) is 33.9 Å². The molecule has 0 unspecified atom stereocenters. The molecular weight excluding hydrogens is 659 g/mol. The quantitative estimate of drug-likeness (QED) is 0.0534. The average molecular weight is 700 g/mol. The van der Waals surface area contributed by atoms with Crippen molar-refractivity contribution in [2.75, 3.05) is 6.54 Å². The van der Waals surface area contributed by atoms with Gasteiger partial charge in [0, 0.05) is 24.2 Å². The molecule has 0 saturated carbocycles. The van der Waals surface area contributed by atoms with Gasteiger partial charge in [0.05, 0.1) is 16.6 Å². The second-order valence-corrected chi connectivity index (χ2v) is 13.2. The number of rotatable bonds is 12. The van der Waals surface area contributed by atoms with Crippen molar-refractivity contribution in [1.29, 1.82) is 5.41 Å². The number of amides is 2. The summed E-state index contributed by atoms with van der Waals surface area (Å²) in [4.78, 5) is 31.0. The number of aromatic nitrogens is 2. The number of nitrogens with zero attached hydrogens (tertiary/aromatic N) is 2. The molecular formula is C38H40F3N7O3. The van der Waals surface area contributed by atoms with Crippen LogP contribution in [0.2, 0.25) is 0 Å². The van der Waals surface area contributed by atoms with Crippen molar-refractivity contribution in [1.82, 2.24) is 20.2 Å². The van der Waals surface area contributed by atoms with Crippen molar-refractivity contribution >= 4 is 28.8 Å². The number of imidazole rings is 1. The predicted octanol–water partition coefficient (Wildman–Crippen LogP) is 7.03. The van der Waals surface area contributed by atoms with Gasteiger partial charge in [-0.25, -0.2) is 4.98 Å². The minimum absolute atomic E-state index is 0.0142. The summed E-state index contributed by atoms with van der Waals surface area (Å²) in [5.41, 5.74) is 13.8. The highest BCUT2D eigenvalue weighted by Gasteiger charge is 2.30. The van der Waals surface area contributed by atoms with Gasteiger partial charge in [-0.05, 0) is 84.0 Å². The number of fused-ring (bicyclic) bond motifs is 1. The molecule has 0 aliphatic heterocycles. The Morgan fingerprint density at radius 2 is 1.61 bits per heavy atom. The van der Waals surface area contributed by atoms with Crippen molar-refractivity contribution in [3.63, 3.8) is 0 Å². The summed E-state index contributed by atoms with van der Waals surface area (Å²) < 4.78 is 47.5. The van der Waals surface area contributed by atoms with Crippen LogP contribution >= 0.6 is 0 Å². The first kappa shape index (κ1) is 36.4. The van der Waals surface area contributed by atoms with Crippen molar-refractivity contribution in [3.8, 4) is 22.9 Å². The number of hydrogen-bond acceptors (Lipinski definition) is 5. The number of guanidine groups is 1. The maximum absolute atomic E-state index is 13.2. The Morgan fingerprint density at radius 1 is 0.882 bits per heavy atom. The van der Waals surface area contributed by atoms with Gasteiger partial charge in [-0.3, -0.25) is 15.0 Å². The first-order valence-corrected chi connectivity index (χ1v) is 16.3. The maximum Gasteiger partial charge on any atom is 0.416 e. The molecule has 51 heavy (non-hydrogen) atoms. The van der Waals surface area contributed by atoms with Crippen molar-refractivity contribution in [2.24, 2.45) is 11.5 Å². The molecule has 1 atom stereocenters. The van der Waals surface area contributed by atoms with Crippen molar-refractivity contribution in [2.45, 2.75) is 57.8 Å². The van der Waals surface area contributed by atoms with Gasteiger partial charge >= 0.3 is 6.18 Å². The molecule has 10 nitrogen and oxygen atoms in total. The molecule has 0 aliphatic rings. The van der Waals surface area contributed by atoms with Gasteiger partial charge in [0.1, 0.15) is 23.4 Å². The Balaban J connectivity index is 1.48. The Bertz CT molecular complexity index is 2050. The van der Waals surface area contributed by atoms with Crippen LogP contribution in [0.4, 0.5) is 13.2 Å². The third-order valence-electron chi connectivity index (χ3n) is 8.32. The van der Waals surface area contributed by atoms with E-state index in [1.54, 1.807) is 41.0 Å². The lowest BCUT2D eigenvalue weighted by molar-refractivity contribution is -0.137. The second kappa shape index (κ2) is 15.0. The molecule has 1 aromatic heterocycles. The van der Waals surface area contributed by atoms with Crippen molar-refractivity contribution < 1.29 is 27.5 Å². The van der Waals surface area contributed by atoms with Gasteiger partial charge in [0.2, 0.25) is 5.91 Å². The molecule has 0 spiro atoms. The number of ether oxygens (including phenoxy) is 1. The zero-order chi connectivity index (χ0) is 36.9. The predicted molar refractivity (Wildman–Crippen MR) is 190 cm³/mol. The number of hydrogen-bond donors (Lipinski definition) is 5. The normalized spacial score (nSPS) is 12.4. The van der Waals surface area contributed by atoms with Crippen LogP contribution < -0.4 is 26.8 Å². The second-order valence-electron chi connectivity index (χ2n) is 13.2. The van der Waals surface area contributed by atoms with E-state index in [-0.39, 0.29) is 23.5 Å². The summed E-state index contributed by atoms with van der Waals surface area (Å²) in [5, 5.41) is 12.8. The molecule has 1 heterocycles. The Morgan fingerprint density at radius 3 is 2.27 bits per heavy atom. The van der Waals surface area contributed by atoms with Crippen LogP contribution in [0, 0.1) is 5.41 Å². The van der Waals surface area contributed by atoms with E-state index < -0.39 is 29.6 Å². The summed E-state index contributed by atoms with van der Waals surface area (Å²) in [5.74, 6) is 0.271. The molecule has 0 radical (unpaired) electrons. The lowest BCUT2D eigenvalue weighted by Gasteiger charge is -2.20. The minimum atomic E-state index is -4.50. The third-order valence-corrected chi connectivity index (χ3v) is 8.32. The van der Waals surface area contributed by atoms with E-state index in [0.717, 1.165) is 17.7 Å². The SMILES string of the molecule is CC(C)(C)c1ccc(Oc2cccc(-c3nc4cc(C(=O)NCc5cccc(C(F)(F)F)c5)ccc4n3[C@@H](CCCNC(=N)N)C(N)=O)c2)cc1. The number of nitrogens with one attached hydrogen (secondary N) is 3. The first-order chi connectivity index (χ1) is 24.1. The zero-order valence-corrected chi connectivity index (χ0v) is 28.5. The fourth-order valence-corrected chi connectivity index (χ4v) is 5.68. The van der Waals surface area contributed by atoms with Gasteiger partial charge in [-0.1, -0.05) is 57.2 Å². The largest absolute Gasteiger partial charge is 0.457 e. The average Bonchev–Trinajstić information content (AvgIpc) is 3.45. The molecule has 0 bridgehead atoms. The number of benzene rings is 4. The van der Waals surface area contributed by atoms with Gasteiger partial charge in [-0.2, -0.15) is 13.2 Å². The smallest absolute Gasteiger partial charge is 0.416 e. The summed E-state index contributed by atoms with van der Waals surface area (Å²) in [6, 6.07) is 23.8. The lowest BCUT2D eigenvalue weighted by atomic mass is 9.87. The summed E-state index contributed by atoms with van der Waals surface area (Å²) in [6.07, 6.45) is -3.75. The van der Waals surface area contributed by atoms with E-state index in [0.29, 0.717) is 58.9 Å². The molecule has 266 valence electrons. The molecule has 7 N–H and O–H groups in total. The molecule has 0 saturated heterocycles. The highest BCUT2D eigenvalue weighted by atomic mass is 19.4. The van der Waals surface area contributed by atoms with Crippen LogP contribution in [0.1, 0.15) is 66.7 Å². The van der Waals surface area contributed by atoms with E-state index >= 15 is 0 Å². The molecule has 5 rings (SSSR count). The summed E-state index contributed by atoms with van der Waals surface area (Å²) in [6.45, 7) is 6.62. The Kier molecular flexibility index (Phi) is 10.7. The topological polar surface area (TPSA) is 161 Å². The highest BCUT2D eigenvalue weighted by Crippen LogP contribution is 2.34. The van der Waals surface area contributed by atoms with E-state index in [4.69, 9.17) is 26.6 Å². The maximum atomic E-state index is 13.2. The molecule has 13 heteroatoms. The first-order valence-electron chi connectivity index (χ1n) is 16.3. The van der Waals surface area contributed by atoms with Crippen LogP contribution in [0.25, 0.3) is 22.4 Å². The molecule has 0 aliphatic carbocycles. The Hall–Kier alpha value is -5.85. The summed E-state index contributed by atoms with van der Waals surface area (Å²) in [7, 11) is 0. The molecule has 5 aromatic rings. The number of halogens is 3. The minimum Gasteiger partial charge on any atom is -0.457 e. The van der Waals surface area contributed by atoms with E-state index in [9.17, 15) is 22.8 Å². The molecule has 0 fully saturated rings. The van der Waals surface area contributed by atoms with Crippen LogP contribution in [0.15, 0.2) is 91.0 Å². The van der Waals surface area contributed by atoms with Crippen LogP contribution in [-0.2, 0) is 22.9 Å². The monoisotopic (exact) mass is 699 g/mol. The summed E-state index contributed by atoms with van der Waals surface area (Å²) >= 11 is 0. The number of alkyl halides is 3. The van der Waals surface area contributed by atoms with Crippen molar-refractivity contribution in [3.05, 3.63) is 113 Å². The van der Waals surface area contributed by atoms with E-state index in [1.165, 1.54) is 12.1 Å².